The molecule has 2 N–H and O–H groups in total. The van der Waals surface area contributed by atoms with E-state index in [1.807, 2.05) is 32.9 Å². The summed E-state index contributed by atoms with van der Waals surface area (Å²) in [5, 5.41) is 5.68. The minimum atomic E-state index is -0.404. The van der Waals surface area contributed by atoms with Crippen molar-refractivity contribution in [1.82, 2.24) is 14.7 Å². The molecular weight excluding hydrogens is 356 g/mol. The van der Waals surface area contributed by atoms with Crippen LogP contribution in [0.2, 0.25) is 0 Å². The third-order valence-corrected chi connectivity index (χ3v) is 4.07. The fraction of sp³-hybridized carbons (Fsp3) is 0.286. The Balaban J connectivity index is 1.93. The summed E-state index contributed by atoms with van der Waals surface area (Å²) in [6, 6.07) is 12.6. The third kappa shape index (κ3) is 4.14. The first-order valence-corrected chi connectivity index (χ1v) is 9.29. The van der Waals surface area contributed by atoms with E-state index in [4.69, 9.17) is 4.74 Å². The number of carbonyl (C=O) groups excluding carboxylic acids is 2. The van der Waals surface area contributed by atoms with E-state index in [2.05, 4.69) is 15.6 Å². The van der Waals surface area contributed by atoms with E-state index in [-0.39, 0.29) is 17.4 Å². The first kappa shape index (κ1) is 19.4. The first-order chi connectivity index (χ1) is 13.5. The van der Waals surface area contributed by atoms with Gasteiger partial charge in [-0.25, -0.2) is 4.98 Å². The molecule has 0 bridgehead atoms. The summed E-state index contributed by atoms with van der Waals surface area (Å²) in [5.74, 6) is 0.353. The second-order valence-electron chi connectivity index (χ2n) is 6.73. The standard InChI is InChI=1S/C21H24N4O3/c1-4-28-17-11-6-5-9-15(17)23-20(26)18-16-10-7-8-12-25(16)19(24-18)21(27)22-13-14(2)3/h5-12,14H,4,13H2,1-3H3,(H,22,27)(H,23,26). The first-order valence-electron chi connectivity index (χ1n) is 9.29. The van der Waals surface area contributed by atoms with Gasteiger partial charge in [-0.15, -0.1) is 0 Å². The van der Waals surface area contributed by atoms with E-state index in [0.717, 1.165) is 0 Å². The van der Waals surface area contributed by atoms with Crippen LogP contribution in [0.1, 0.15) is 41.9 Å². The van der Waals surface area contributed by atoms with Gasteiger partial charge in [-0.05, 0) is 37.1 Å². The number of benzene rings is 1. The van der Waals surface area contributed by atoms with Gasteiger partial charge in [0.1, 0.15) is 5.75 Å². The monoisotopic (exact) mass is 380 g/mol. The van der Waals surface area contributed by atoms with E-state index in [9.17, 15) is 9.59 Å². The molecule has 3 aromatic rings. The van der Waals surface area contributed by atoms with Crippen LogP contribution in [0.25, 0.3) is 5.52 Å². The maximum absolute atomic E-state index is 12.9. The molecule has 2 aromatic heterocycles. The van der Waals surface area contributed by atoms with E-state index < -0.39 is 5.91 Å². The molecule has 28 heavy (non-hydrogen) atoms. The van der Waals surface area contributed by atoms with Gasteiger partial charge in [-0.3, -0.25) is 14.0 Å². The third-order valence-electron chi connectivity index (χ3n) is 4.07. The number of para-hydroxylation sites is 2. The van der Waals surface area contributed by atoms with Crippen LogP contribution in [-0.2, 0) is 0 Å². The summed E-state index contributed by atoms with van der Waals surface area (Å²) in [5.41, 5.74) is 1.29. The highest BCUT2D eigenvalue weighted by Gasteiger charge is 2.22. The number of hydrogen-bond donors (Lipinski definition) is 2. The van der Waals surface area contributed by atoms with Crippen LogP contribution in [0.15, 0.2) is 48.7 Å². The maximum Gasteiger partial charge on any atom is 0.287 e. The van der Waals surface area contributed by atoms with Crippen molar-refractivity contribution >= 4 is 23.0 Å². The molecule has 0 atom stereocenters. The van der Waals surface area contributed by atoms with E-state index in [0.29, 0.717) is 36.0 Å². The molecular formula is C21H24N4O3. The van der Waals surface area contributed by atoms with Gasteiger partial charge in [0, 0.05) is 12.7 Å². The van der Waals surface area contributed by atoms with E-state index >= 15 is 0 Å². The smallest absolute Gasteiger partial charge is 0.287 e. The van der Waals surface area contributed by atoms with Crippen LogP contribution in [0.5, 0.6) is 5.75 Å². The summed E-state index contributed by atoms with van der Waals surface area (Å²) < 4.78 is 7.18. The number of amides is 2. The minimum absolute atomic E-state index is 0.180. The van der Waals surface area contributed by atoms with Crippen LogP contribution in [0.3, 0.4) is 0 Å². The molecule has 146 valence electrons. The zero-order valence-electron chi connectivity index (χ0n) is 16.2. The van der Waals surface area contributed by atoms with Crippen molar-refractivity contribution in [3.05, 3.63) is 60.2 Å². The zero-order valence-corrected chi connectivity index (χ0v) is 16.2. The maximum atomic E-state index is 12.9. The van der Waals surface area contributed by atoms with Crippen LogP contribution >= 0.6 is 0 Å². The Morgan fingerprint density at radius 2 is 1.86 bits per heavy atom. The summed E-state index contributed by atoms with van der Waals surface area (Å²) in [4.78, 5) is 29.8. The molecule has 2 heterocycles. The number of imidazole rings is 1. The fourth-order valence-electron chi connectivity index (χ4n) is 2.77. The number of hydrogen-bond acceptors (Lipinski definition) is 4. The number of aromatic nitrogens is 2. The Kier molecular flexibility index (Phi) is 5.93. The molecule has 3 rings (SSSR count). The lowest BCUT2D eigenvalue weighted by Gasteiger charge is -2.10. The molecule has 7 nitrogen and oxygen atoms in total. The second-order valence-corrected chi connectivity index (χ2v) is 6.73. The molecule has 0 aliphatic rings. The molecule has 0 saturated carbocycles. The van der Waals surface area contributed by atoms with Crippen LogP contribution in [0.4, 0.5) is 5.69 Å². The summed E-state index contributed by atoms with van der Waals surface area (Å²) in [6.07, 6.45) is 1.72. The SMILES string of the molecule is CCOc1ccccc1NC(=O)c1nc(C(=O)NCC(C)C)n2ccccc12. The Hall–Kier alpha value is -3.35. The average Bonchev–Trinajstić information content (AvgIpc) is 3.08. The van der Waals surface area contributed by atoms with Crippen molar-refractivity contribution in [2.75, 3.05) is 18.5 Å². The van der Waals surface area contributed by atoms with Gasteiger partial charge in [0.2, 0.25) is 5.82 Å². The van der Waals surface area contributed by atoms with Crippen molar-refractivity contribution in [2.24, 2.45) is 5.92 Å². The zero-order chi connectivity index (χ0) is 20.1. The number of anilines is 1. The van der Waals surface area contributed by atoms with Gasteiger partial charge < -0.3 is 15.4 Å². The molecule has 1 aromatic carbocycles. The largest absolute Gasteiger partial charge is 0.492 e. The molecule has 0 aliphatic carbocycles. The van der Waals surface area contributed by atoms with Crippen molar-refractivity contribution < 1.29 is 14.3 Å². The second kappa shape index (κ2) is 8.56. The normalized spacial score (nSPS) is 10.9. The van der Waals surface area contributed by atoms with Gasteiger partial charge in [0.05, 0.1) is 17.8 Å². The molecule has 0 unspecified atom stereocenters. The summed E-state index contributed by atoms with van der Waals surface area (Å²) in [7, 11) is 0. The molecule has 0 radical (unpaired) electrons. The molecule has 2 amide bonds. The van der Waals surface area contributed by atoms with Crippen molar-refractivity contribution in [1.29, 1.82) is 0 Å². The Bertz CT molecular complexity index is 994. The molecule has 0 fully saturated rings. The summed E-state index contributed by atoms with van der Waals surface area (Å²) >= 11 is 0. The van der Waals surface area contributed by atoms with Gasteiger partial charge in [0.15, 0.2) is 5.69 Å². The average molecular weight is 380 g/mol. The highest BCUT2D eigenvalue weighted by atomic mass is 16.5. The molecule has 0 spiro atoms. The fourth-order valence-corrected chi connectivity index (χ4v) is 2.77. The number of pyridine rings is 1. The predicted octanol–water partition coefficient (Wildman–Crippen LogP) is 3.37. The Morgan fingerprint density at radius 1 is 1.11 bits per heavy atom. The minimum Gasteiger partial charge on any atom is -0.492 e. The molecule has 0 aliphatic heterocycles. The highest BCUT2D eigenvalue weighted by molar-refractivity contribution is 6.09. The van der Waals surface area contributed by atoms with Crippen LogP contribution in [0, 0.1) is 5.92 Å². The van der Waals surface area contributed by atoms with Crippen molar-refractivity contribution in [3.8, 4) is 5.75 Å². The number of nitrogens with one attached hydrogen (secondary N) is 2. The molecule has 0 saturated heterocycles. The highest BCUT2D eigenvalue weighted by Crippen LogP contribution is 2.25. The number of carbonyl (C=O) groups is 2. The molecule has 7 heteroatoms. The quantitative estimate of drug-likeness (QED) is 0.658. The number of nitrogens with zero attached hydrogens (tertiary/aromatic N) is 2. The number of rotatable bonds is 7. The van der Waals surface area contributed by atoms with Crippen LogP contribution in [-0.4, -0.2) is 34.4 Å². The van der Waals surface area contributed by atoms with Gasteiger partial charge in [-0.1, -0.05) is 32.0 Å². The van der Waals surface area contributed by atoms with E-state index in [1.54, 1.807) is 40.9 Å². The number of fused-ring (bicyclic) bond motifs is 1. The topological polar surface area (TPSA) is 84.7 Å². The lowest BCUT2D eigenvalue weighted by molar-refractivity contribution is 0.0938. The van der Waals surface area contributed by atoms with Crippen molar-refractivity contribution in [3.63, 3.8) is 0 Å². The number of ether oxygens (including phenoxy) is 1. The van der Waals surface area contributed by atoms with Crippen LogP contribution < -0.4 is 15.4 Å². The lowest BCUT2D eigenvalue weighted by Crippen LogP contribution is -2.29. The van der Waals surface area contributed by atoms with Gasteiger partial charge in [-0.2, -0.15) is 0 Å². The van der Waals surface area contributed by atoms with Gasteiger partial charge >= 0.3 is 0 Å². The van der Waals surface area contributed by atoms with Gasteiger partial charge in [0.25, 0.3) is 11.8 Å². The van der Waals surface area contributed by atoms with E-state index in [1.165, 1.54) is 0 Å². The Morgan fingerprint density at radius 3 is 2.61 bits per heavy atom. The predicted molar refractivity (Wildman–Crippen MR) is 108 cm³/mol. The Labute approximate surface area is 163 Å². The van der Waals surface area contributed by atoms with Crippen molar-refractivity contribution in [2.45, 2.75) is 20.8 Å². The summed E-state index contributed by atoms with van der Waals surface area (Å²) in [6.45, 7) is 6.92. The lowest BCUT2D eigenvalue weighted by atomic mass is 10.2.